The predicted molar refractivity (Wildman–Crippen MR) is 88.8 cm³/mol. The van der Waals surface area contributed by atoms with E-state index in [4.69, 9.17) is 16.7 Å². The Morgan fingerprint density at radius 1 is 1.00 bits per heavy atom. The summed E-state index contributed by atoms with van der Waals surface area (Å²) in [6.07, 6.45) is 1.01. The number of aromatic carboxylic acids is 1. The highest BCUT2D eigenvalue weighted by Gasteiger charge is 2.17. The average molecular weight is 390 g/mol. The third kappa shape index (κ3) is 4.05. The molecule has 0 heterocycles. The maximum atomic E-state index is 12.3. The number of carbonyl (C=O) groups is 1. The molecule has 10 heteroatoms. The minimum atomic E-state index is -3.98. The topological polar surface area (TPSA) is 118 Å². The van der Waals surface area contributed by atoms with E-state index in [1.165, 1.54) is 30.3 Å². The molecule has 128 valence electrons. The van der Waals surface area contributed by atoms with E-state index >= 15 is 0 Å². The highest BCUT2D eigenvalue weighted by molar-refractivity contribution is 7.92. The lowest BCUT2D eigenvalue weighted by molar-refractivity contribution is 0.0697. The van der Waals surface area contributed by atoms with Crippen LogP contribution >= 0.6 is 11.6 Å². The van der Waals surface area contributed by atoms with Crippen LogP contribution in [0.4, 0.5) is 5.69 Å². The van der Waals surface area contributed by atoms with Gasteiger partial charge in [0.25, 0.3) is 10.0 Å². The van der Waals surface area contributed by atoms with Crippen molar-refractivity contribution in [1.29, 1.82) is 0 Å². The second-order valence-corrected chi connectivity index (χ2v) is 8.95. The Labute approximate surface area is 143 Å². The molecule has 24 heavy (non-hydrogen) atoms. The number of hydrogen-bond acceptors (Lipinski definition) is 5. The first-order chi connectivity index (χ1) is 11.0. The van der Waals surface area contributed by atoms with E-state index in [0.29, 0.717) is 0 Å². The molecule has 0 aliphatic rings. The van der Waals surface area contributed by atoms with Gasteiger partial charge in [-0.15, -0.1) is 0 Å². The van der Waals surface area contributed by atoms with Crippen LogP contribution in [0.3, 0.4) is 0 Å². The van der Waals surface area contributed by atoms with Gasteiger partial charge >= 0.3 is 5.97 Å². The number of anilines is 1. The van der Waals surface area contributed by atoms with Crippen molar-refractivity contribution in [3.05, 3.63) is 53.1 Å². The number of halogens is 1. The highest BCUT2D eigenvalue weighted by Crippen LogP contribution is 2.24. The van der Waals surface area contributed by atoms with E-state index in [-0.39, 0.29) is 26.1 Å². The number of hydrogen-bond donors (Lipinski definition) is 2. The number of carboxylic acid groups (broad SMARTS) is 1. The van der Waals surface area contributed by atoms with Gasteiger partial charge in [-0.1, -0.05) is 11.6 Å². The van der Waals surface area contributed by atoms with E-state index < -0.39 is 25.8 Å². The summed E-state index contributed by atoms with van der Waals surface area (Å²) in [4.78, 5) is 10.7. The summed E-state index contributed by atoms with van der Waals surface area (Å²) >= 11 is 5.79. The Hall–Kier alpha value is -2.10. The predicted octanol–water partition coefficient (Wildman–Crippen LogP) is 2.24. The maximum absolute atomic E-state index is 12.3. The molecular formula is C14H12ClNO6S2. The number of benzene rings is 2. The summed E-state index contributed by atoms with van der Waals surface area (Å²) in [6, 6.07) is 8.30. The molecule has 2 N–H and O–H groups in total. The lowest BCUT2D eigenvalue weighted by Crippen LogP contribution is -2.13. The molecule has 2 aromatic carbocycles. The van der Waals surface area contributed by atoms with Crippen LogP contribution in [0, 0.1) is 0 Å². The summed E-state index contributed by atoms with van der Waals surface area (Å²) in [5.41, 5.74) is -0.0747. The number of sulfone groups is 1. The van der Waals surface area contributed by atoms with Crippen LogP contribution in [0.15, 0.2) is 52.3 Å². The van der Waals surface area contributed by atoms with E-state index in [1.807, 2.05) is 0 Å². The lowest BCUT2D eigenvalue weighted by atomic mass is 10.2. The van der Waals surface area contributed by atoms with E-state index in [0.717, 1.165) is 18.4 Å². The first kappa shape index (κ1) is 18.2. The number of sulfonamides is 1. The SMILES string of the molecule is CS(=O)(=O)c1ccc(S(=O)(=O)Nc2ccc(C(=O)O)c(Cl)c2)cc1. The minimum absolute atomic E-state index is 0.00435. The smallest absolute Gasteiger partial charge is 0.337 e. The van der Waals surface area contributed by atoms with Gasteiger partial charge < -0.3 is 5.11 Å². The normalized spacial score (nSPS) is 11.9. The number of carboxylic acids is 1. The number of nitrogens with one attached hydrogen (secondary N) is 1. The molecule has 2 rings (SSSR count). The van der Waals surface area contributed by atoms with Crippen LogP contribution in [0.25, 0.3) is 0 Å². The summed E-state index contributed by atoms with van der Waals surface area (Å²) < 4.78 is 49.6. The van der Waals surface area contributed by atoms with Crippen LogP contribution in [0.5, 0.6) is 0 Å². The Kier molecular flexibility index (Phi) is 4.88. The highest BCUT2D eigenvalue weighted by atomic mass is 35.5. The molecule has 0 atom stereocenters. The molecular weight excluding hydrogens is 378 g/mol. The van der Waals surface area contributed by atoms with E-state index in [1.54, 1.807) is 0 Å². The molecule has 0 aliphatic heterocycles. The molecule has 0 unspecified atom stereocenters. The summed E-state index contributed by atoms with van der Waals surface area (Å²) in [5, 5.41) is 8.77. The Balaban J connectivity index is 2.32. The van der Waals surface area contributed by atoms with Crippen molar-refractivity contribution in [3.8, 4) is 0 Å². The third-order valence-electron chi connectivity index (χ3n) is 3.01. The molecule has 0 aliphatic carbocycles. The average Bonchev–Trinajstić information content (AvgIpc) is 2.45. The van der Waals surface area contributed by atoms with Crippen LogP contribution in [-0.2, 0) is 19.9 Å². The molecule has 0 saturated heterocycles. The molecule has 0 saturated carbocycles. The molecule has 2 aromatic rings. The molecule has 0 aromatic heterocycles. The van der Waals surface area contributed by atoms with E-state index in [2.05, 4.69) is 4.72 Å². The van der Waals surface area contributed by atoms with Gasteiger partial charge in [0.05, 0.1) is 26.1 Å². The van der Waals surface area contributed by atoms with Gasteiger partial charge in [0, 0.05) is 6.26 Å². The summed E-state index contributed by atoms with van der Waals surface area (Å²) in [5.74, 6) is -1.23. The molecule has 0 bridgehead atoms. The standard InChI is InChI=1S/C14H12ClNO6S2/c1-23(19,20)10-3-5-11(6-4-10)24(21,22)16-9-2-7-12(14(17)18)13(15)8-9/h2-8,16H,1H3,(H,17,18). The first-order valence-corrected chi connectivity index (χ1v) is 10.1. The van der Waals surface area contributed by atoms with Gasteiger partial charge in [-0.05, 0) is 42.5 Å². The van der Waals surface area contributed by atoms with Gasteiger partial charge in [0.1, 0.15) is 0 Å². The summed E-state index contributed by atoms with van der Waals surface area (Å²) in [6.45, 7) is 0. The van der Waals surface area contributed by atoms with Crippen molar-refractivity contribution in [3.63, 3.8) is 0 Å². The quantitative estimate of drug-likeness (QED) is 0.809. The van der Waals surface area contributed by atoms with Crippen LogP contribution in [-0.4, -0.2) is 34.2 Å². The van der Waals surface area contributed by atoms with Gasteiger partial charge in [-0.2, -0.15) is 0 Å². The Morgan fingerprint density at radius 3 is 2.00 bits per heavy atom. The van der Waals surface area contributed by atoms with E-state index in [9.17, 15) is 21.6 Å². The second kappa shape index (κ2) is 6.42. The maximum Gasteiger partial charge on any atom is 0.337 e. The van der Waals surface area contributed by atoms with Gasteiger partial charge in [-0.25, -0.2) is 21.6 Å². The van der Waals surface area contributed by atoms with Crippen LogP contribution in [0.1, 0.15) is 10.4 Å². The van der Waals surface area contributed by atoms with Crippen LogP contribution in [0.2, 0.25) is 5.02 Å². The molecule has 0 amide bonds. The van der Waals surface area contributed by atoms with Crippen LogP contribution < -0.4 is 4.72 Å². The number of rotatable bonds is 5. The van der Waals surface area contributed by atoms with Gasteiger partial charge in [0.15, 0.2) is 9.84 Å². The Bertz CT molecular complexity index is 998. The van der Waals surface area contributed by atoms with Crippen molar-refractivity contribution in [1.82, 2.24) is 0 Å². The molecule has 0 radical (unpaired) electrons. The zero-order valence-corrected chi connectivity index (χ0v) is 14.6. The zero-order valence-electron chi connectivity index (χ0n) is 12.2. The van der Waals surface area contributed by atoms with Crippen molar-refractivity contribution >= 4 is 43.1 Å². The van der Waals surface area contributed by atoms with Crippen molar-refractivity contribution in [2.75, 3.05) is 11.0 Å². The van der Waals surface area contributed by atoms with Crippen molar-refractivity contribution < 1.29 is 26.7 Å². The Morgan fingerprint density at radius 2 is 1.54 bits per heavy atom. The first-order valence-electron chi connectivity index (χ1n) is 6.36. The largest absolute Gasteiger partial charge is 0.478 e. The minimum Gasteiger partial charge on any atom is -0.478 e. The fourth-order valence-corrected chi connectivity index (χ4v) is 3.77. The van der Waals surface area contributed by atoms with Gasteiger partial charge in [0.2, 0.25) is 0 Å². The molecule has 0 fully saturated rings. The van der Waals surface area contributed by atoms with Gasteiger partial charge in [-0.3, -0.25) is 4.72 Å². The second-order valence-electron chi connectivity index (χ2n) is 4.85. The fourth-order valence-electron chi connectivity index (χ4n) is 1.83. The monoisotopic (exact) mass is 389 g/mol. The van der Waals surface area contributed by atoms with Crippen molar-refractivity contribution in [2.24, 2.45) is 0 Å². The third-order valence-corrected chi connectivity index (χ3v) is 5.85. The fraction of sp³-hybridized carbons (Fsp3) is 0.0714. The summed E-state index contributed by atoms with van der Waals surface area (Å²) in [7, 11) is -7.41. The molecule has 0 spiro atoms. The van der Waals surface area contributed by atoms with Crippen molar-refractivity contribution in [2.45, 2.75) is 9.79 Å². The molecule has 7 nitrogen and oxygen atoms in total. The zero-order chi connectivity index (χ0) is 18.1. The lowest BCUT2D eigenvalue weighted by Gasteiger charge is -2.09.